The van der Waals surface area contributed by atoms with E-state index < -0.39 is 0 Å². The van der Waals surface area contributed by atoms with E-state index in [0.717, 1.165) is 23.4 Å². The molecular weight excluding hydrogens is 266 g/mol. The van der Waals surface area contributed by atoms with Crippen LogP contribution in [0.15, 0.2) is 31.0 Å². The number of rotatable bonds is 4. The van der Waals surface area contributed by atoms with Gasteiger partial charge in [-0.2, -0.15) is 10.2 Å². The normalized spacial score (nSPS) is 13.5. The minimum absolute atomic E-state index is 0.0486. The van der Waals surface area contributed by atoms with Crippen LogP contribution in [0.5, 0.6) is 0 Å². The van der Waals surface area contributed by atoms with Crippen LogP contribution in [0.25, 0.3) is 11.0 Å². The van der Waals surface area contributed by atoms with E-state index in [1.807, 2.05) is 16.9 Å². The first kappa shape index (κ1) is 13.5. The molecule has 0 aromatic carbocycles. The molecular formula is C14H19N7. The Bertz CT molecular complexity index is 708. The molecule has 1 atom stereocenters. The molecule has 0 aliphatic rings. The number of nitrogens with one attached hydrogen (secondary N) is 2. The summed E-state index contributed by atoms with van der Waals surface area (Å²) < 4.78 is 1.93. The standard InChI is InChI=1S/C14H19N7/c1-14(2,3)11(8-21-6-4-5-18-21)19-12-10-7-17-20-13(10)16-9-15-12/h4-7,9,11H,8H2,1-3H3,(H2,15,16,17,19,20). The fraction of sp³-hybridized carbons (Fsp3) is 0.429. The maximum atomic E-state index is 4.35. The number of nitrogens with zero attached hydrogens (tertiary/aromatic N) is 5. The van der Waals surface area contributed by atoms with Crippen molar-refractivity contribution in [1.82, 2.24) is 29.9 Å². The lowest BCUT2D eigenvalue weighted by Gasteiger charge is -2.32. The zero-order chi connectivity index (χ0) is 14.9. The molecule has 3 aromatic rings. The molecule has 3 heterocycles. The van der Waals surface area contributed by atoms with Crippen molar-refractivity contribution in [3.05, 3.63) is 31.0 Å². The van der Waals surface area contributed by atoms with Gasteiger partial charge in [0.25, 0.3) is 0 Å². The van der Waals surface area contributed by atoms with Crippen LogP contribution >= 0.6 is 0 Å². The molecule has 0 saturated heterocycles. The second-order valence-electron chi connectivity index (χ2n) is 6.15. The van der Waals surface area contributed by atoms with Gasteiger partial charge in [0.1, 0.15) is 12.1 Å². The maximum absolute atomic E-state index is 4.35. The van der Waals surface area contributed by atoms with Gasteiger partial charge in [-0.05, 0) is 11.5 Å². The molecule has 0 fully saturated rings. The van der Waals surface area contributed by atoms with E-state index in [2.05, 4.69) is 51.4 Å². The monoisotopic (exact) mass is 285 g/mol. The molecule has 0 bridgehead atoms. The van der Waals surface area contributed by atoms with E-state index in [1.165, 1.54) is 6.33 Å². The van der Waals surface area contributed by atoms with Crippen LogP contribution in [0.4, 0.5) is 5.82 Å². The Labute approximate surface area is 122 Å². The lowest BCUT2D eigenvalue weighted by molar-refractivity contribution is 0.302. The van der Waals surface area contributed by atoms with Crippen molar-refractivity contribution in [2.75, 3.05) is 5.32 Å². The molecule has 0 saturated carbocycles. The second kappa shape index (κ2) is 5.16. The van der Waals surface area contributed by atoms with Crippen molar-refractivity contribution < 1.29 is 0 Å². The predicted octanol–water partition coefficient (Wildman–Crippen LogP) is 2.08. The van der Waals surface area contributed by atoms with Crippen LogP contribution in [-0.2, 0) is 6.54 Å². The maximum Gasteiger partial charge on any atom is 0.160 e. The van der Waals surface area contributed by atoms with Crippen molar-refractivity contribution in [3.63, 3.8) is 0 Å². The Morgan fingerprint density at radius 2 is 2.19 bits per heavy atom. The zero-order valence-corrected chi connectivity index (χ0v) is 12.4. The minimum atomic E-state index is 0.0486. The Balaban J connectivity index is 1.89. The van der Waals surface area contributed by atoms with Gasteiger partial charge in [-0.15, -0.1) is 0 Å². The van der Waals surface area contributed by atoms with E-state index in [0.29, 0.717) is 0 Å². The molecule has 110 valence electrons. The number of fused-ring (bicyclic) bond motifs is 1. The van der Waals surface area contributed by atoms with Gasteiger partial charge >= 0.3 is 0 Å². The summed E-state index contributed by atoms with van der Waals surface area (Å²) in [4.78, 5) is 8.51. The third-order valence-electron chi connectivity index (χ3n) is 3.53. The Morgan fingerprint density at radius 1 is 1.33 bits per heavy atom. The third-order valence-corrected chi connectivity index (χ3v) is 3.53. The molecule has 0 aliphatic heterocycles. The molecule has 0 aliphatic carbocycles. The SMILES string of the molecule is CC(C)(C)C(Cn1cccn1)Nc1ncnc2[nH]ncc12. The molecule has 21 heavy (non-hydrogen) atoms. The van der Waals surface area contributed by atoms with Crippen LogP contribution in [0, 0.1) is 5.41 Å². The molecule has 7 nitrogen and oxygen atoms in total. The highest BCUT2D eigenvalue weighted by Crippen LogP contribution is 2.26. The Kier molecular flexibility index (Phi) is 3.32. The summed E-state index contributed by atoms with van der Waals surface area (Å²) in [5.74, 6) is 0.792. The number of aromatic amines is 1. The van der Waals surface area contributed by atoms with Crippen LogP contribution in [0.2, 0.25) is 0 Å². The van der Waals surface area contributed by atoms with Crippen molar-refractivity contribution in [2.45, 2.75) is 33.4 Å². The molecule has 7 heteroatoms. The molecule has 3 aromatic heterocycles. The molecule has 2 N–H and O–H groups in total. The van der Waals surface area contributed by atoms with Crippen LogP contribution in [-0.4, -0.2) is 36.0 Å². The number of anilines is 1. The lowest BCUT2D eigenvalue weighted by atomic mass is 9.86. The number of hydrogen-bond acceptors (Lipinski definition) is 5. The van der Waals surface area contributed by atoms with Gasteiger partial charge in [0.05, 0.1) is 24.2 Å². The third kappa shape index (κ3) is 2.86. The van der Waals surface area contributed by atoms with Gasteiger partial charge in [0.15, 0.2) is 5.65 Å². The average Bonchev–Trinajstić information content (AvgIpc) is 3.07. The summed E-state index contributed by atoms with van der Waals surface area (Å²) in [6, 6.07) is 2.10. The summed E-state index contributed by atoms with van der Waals surface area (Å²) >= 11 is 0. The van der Waals surface area contributed by atoms with Crippen molar-refractivity contribution in [3.8, 4) is 0 Å². The van der Waals surface area contributed by atoms with Crippen LogP contribution in [0.3, 0.4) is 0 Å². The molecule has 3 rings (SSSR count). The average molecular weight is 285 g/mol. The Hall–Kier alpha value is -2.44. The zero-order valence-electron chi connectivity index (χ0n) is 12.4. The summed E-state index contributed by atoms with van der Waals surface area (Å²) in [5, 5.41) is 15.6. The van der Waals surface area contributed by atoms with Gasteiger partial charge < -0.3 is 5.32 Å². The van der Waals surface area contributed by atoms with Gasteiger partial charge in [-0.1, -0.05) is 20.8 Å². The first-order valence-corrected chi connectivity index (χ1v) is 6.92. The van der Waals surface area contributed by atoms with Crippen LogP contribution < -0.4 is 5.32 Å². The first-order valence-electron chi connectivity index (χ1n) is 6.92. The number of H-pyrrole nitrogens is 1. The van der Waals surface area contributed by atoms with Crippen molar-refractivity contribution in [1.29, 1.82) is 0 Å². The second-order valence-corrected chi connectivity index (χ2v) is 6.15. The molecule has 1 unspecified atom stereocenters. The van der Waals surface area contributed by atoms with E-state index in [4.69, 9.17) is 0 Å². The van der Waals surface area contributed by atoms with Gasteiger partial charge in [-0.25, -0.2) is 9.97 Å². The van der Waals surface area contributed by atoms with E-state index in [-0.39, 0.29) is 11.5 Å². The summed E-state index contributed by atoms with van der Waals surface area (Å²) in [6.07, 6.45) is 7.04. The summed E-state index contributed by atoms with van der Waals surface area (Å²) in [5.41, 5.74) is 0.784. The fourth-order valence-electron chi connectivity index (χ4n) is 2.18. The number of hydrogen-bond donors (Lipinski definition) is 2. The predicted molar refractivity (Wildman–Crippen MR) is 80.8 cm³/mol. The first-order chi connectivity index (χ1) is 10.0. The quantitative estimate of drug-likeness (QED) is 0.766. The summed E-state index contributed by atoms with van der Waals surface area (Å²) in [6.45, 7) is 7.35. The largest absolute Gasteiger partial charge is 0.364 e. The van der Waals surface area contributed by atoms with Gasteiger partial charge in [-0.3, -0.25) is 9.78 Å². The summed E-state index contributed by atoms with van der Waals surface area (Å²) in [7, 11) is 0. The highest BCUT2D eigenvalue weighted by atomic mass is 15.3. The number of aromatic nitrogens is 6. The van der Waals surface area contributed by atoms with Crippen molar-refractivity contribution in [2.24, 2.45) is 5.41 Å². The van der Waals surface area contributed by atoms with Crippen molar-refractivity contribution >= 4 is 16.9 Å². The van der Waals surface area contributed by atoms with E-state index in [9.17, 15) is 0 Å². The molecule has 0 amide bonds. The van der Waals surface area contributed by atoms with Gasteiger partial charge in [0.2, 0.25) is 0 Å². The minimum Gasteiger partial charge on any atom is -0.364 e. The molecule has 0 radical (unpaired) electrons. The smallest absolute Gasteiger partial charge is 0.160 e. The highest BCUT2D eigenvalue weighted by molar-refractivity contribution is 5.85. The van der Waals surface area contributed by atoms with Crippen LogP contribution in [0.1, 0.15) is 20.8 Å². The fourth-order valence-corrected chi connectivity index (χ4v) is 2.18. The highest BCUT2D eigenvalue weighted by Gasteiger charge is 2.26. The molecule has 0 spiro atoms. The lowest BCUT2D eigenvalue weighted by Crippen LogP contribution is -2.38. The van der Waals surface area contributed by atoms with E-state index in [1.54, 1.807) is 12.4 Å². The Morgan fingerprint density at radius 3 is 2.90 bits per heavy atom. The van der Waals surface area contributed by atoms with E-state index >= 15 is 0 Å². The van der Waals surface area contributed by atoms with Gasteiger partial charge in [0, 0.05) is 12.4 Å². The topological polar surface area (TPSA) is 84.3 Å².